The van der Waals surface area contributed by atoms with Crippen molar-refractivity contribution in [2.24, 2.45) is 0 Å². The third-order valence-electron chi connectivity index (χ3n) is 1.84. The van der Waals surface area contributed by atoms with Gasteiger partial charge in [0.15, 0.2) is 0 Å². The number of aromatic nitrogens is 2. The van der Waals surface area contributed by atoms with E-state index in [9.17, 15) is 4.79 Å². The first kappa shape index (κ1) is 7.34. The lowest BCUT2D eigenvalue weighted by Crippen LogP contribution is -2.04. The molecule has 64 valence electrons. The van der Waals surface area contributed by atoms with E-state index < -0.39 is 0 Å². The summed E-state index contributed by atoms with van der Waals surface area (Å²) in [6.07, 6.45) is 5.97. The lowest BCUT2D eigenvalue weighted by Gasteiger charge is -1.95. The molecule has 12 heavy (non-hydrogen) atoms. The Bertz CT molecular complexity index is 301. The van der Waals surface area contributed by atoms with Crippen LogP contribution in [0.25, 0.3) is 0 Å². The van der Waals surface area contributed by atoms with E-state index >= 15 is 0 Å². The molecule has 2 rings (SSSR count). The lowest BCUT2D eigenvalue weighted by atomic mass is 10.5. The second kappa shape index (κ2) is 2.62. The van der Waals surface area contributed by atoms with Crippen molar-refractivity contribution >= 4 is 11.6 Å². The van der Waals surface area contributed by atoms with Crippen LogP contribution in [0.4, 0.5) is 5.69 Å². The number of amides is 1. The van der Waals surface area contributed by atoms with E-state index in [1.54, 1.807) is 6.20 Å². The Labute approximate surface area is 70.6 Å². The minimum atomic E-state index is -0.0506. The average Bonchev–Trinajstić information content (AvgIpc) is 2.73. The summed E-state index contributed by atoms with van der Waals surface area (Å²) in [4.78, 5) is 10.7. The molecule has 4 nitrogen and oxygen atoms in total. The van der Waals surface area contributed by atoms with Crippen LogP contribution >= 0.6 is 0 Å². The van der Waals surface area contributed by atoms with Crippen LogP contribution in [0.2, 0.25) is 0 Å². The maximum atomic E-state index is 10.7. The van der Waals surface area contributed by atoms with Crippen molar-refractivity contribution in [2.75, 3.05) is 5.32 Å². The first-order valence-electron chi connectivity index (χ1n) is 4.07. The standard InChI is InChI=1S/C8H11N3O/c1-6(12)10-7-4-9-11(5-7)8-2-3-8/h4-5,8H,2-3H2,1H3,(H,10,12). The third-order valence-corrected chi connectivity index (χ3v) is 1.84. The largest absolute Gasteiger partial charge is 0.324 e. The topological polar surface area (TPSA) is 46.9 Å². The maximum Gasteiger partial charge on any atom is 0.221 e. The molecule has 1 aliphatic rings. The summed E-state index contributed by atoms with van der Waals surface area (Å²) in [6, 6.07) is 0.576. The Balaban J connectivity index is 2.07. The van der Waals surface area contributed by atoms with Gasteiger partial charge in [-0.05, 0) is 12.8 Å². The minimum Gasteiger partial charge on any atom is -0.324 e. The molecule has 0 bridgehead atoms. The minimum absolute atomic E-state index is 0.0506. The van der Waals surface area contributed by atoms with Gasteiger partial charge in [0.2, 0.25) is 5.91 Å². The van der Waals surface area contributed by atoms with Crippen molar-refractivity contribution in [1.82, 2.24) is 9.78 Å². The van der Waals surface area contributed by atoms with Crippen molar-refractivity contribution in [3.05, 3.63) is 12.4 Å². The highest BCUT2D eigenvalue weighted by Crippen LogP contribution is 2.34. The van der Waals surface area contributed by atoms with E-state index in [-0.39, 0.29) is 5.91 Å². The molecule has 1 fully saturated rings. The summed E-state index contributed by atoms with van der Waals surface area (Å²) in [7, 11) is 0. The zero-order valence-corrected chi connectivity index (χ0v) is 6.95. The molecule has 0 spiro atoms. The van der Waals surface area contributed by atoms with E-state index in [1.807, 2.05) is 10.9 Å². The molecule has 0 saturated heterocycles. The van der Waals surface area contributed by atoms with E-state index in [1.165, 1.54) is 19.8 Å². The molecule has 0 unspecified atom stereocenters. The van der Waals surface area contributed by atoms with Crippen molar-refractivity contribution in [3.63, 3.8) is 0 Å². The quantitative estimate of drug-likeness (QED) is 0.715. The highest BCUT2D eigenvalue weighted by molar-refractivity contribution is 5.88. The zero-order valence-electron chi connectivity index (χ0n) is 6.95. The smallest absolute Gasteiger partial charge is 0.221 e. The van der Waals surface area contributed by atoms with Crippen molar-refractivity contribution in [3.8, 4) is 0 Å². The van der Waals surface area contributed by atoms with E-state index in [2.05, 4.69) is 10.4 Å². The molecule has 1 amide bonds. The molecule has 1 aliphatic carbocycles. The zero-order chi connectivity index (χ0) is 8.55. The molecule has 1 N–H and O–H groups in total. The van der Waals surface area contributed by atoms with Gasteiger partial charge in [-0.2, -0.15) is 5.10 Å². The van der Waals surface area contributed by atoms with Crippen molar-refractivity contribution in [2.45, 2.75) is 25.8 Å². The Morgan fingerprint density at radius 2 is 2.50 bits per heavy atom. The second-order valence-electron chi connectivity index (χ2n) is 3.12. The van der Waals surface area contributed by atoms with Gasteiger partial charge in [-0.15, -0.1) is 0 Å². The number of hydrogen-bond acceptors (Lipinski definition) is 2. The fourth-order valence-electron chi connectivity index (χ4n) is 1.14. The van der Waals surface area contributed by atoms with Crippen LogP contribution in [0, 0.1) is 0 Å². The van der Waals surface area contributed by atoms with Crippen molar-refractivity contribution < 1.29 is 4.79 Å². The number of hydrogen-bond donors (Lipinski definition) is 1. The van der Waals surface area contributed by atoms with Crippen LogP contribution < -0.4 is 5.32 Å². The summed E-state index contributed by atoms with van der Waals surface area (Å²) >= 11 is 0. The summed E-state index contributed by atoms with van der Waals surface area (Å²) in [5.74, 6) is -0.0506. The highest BCUT2D eigenvalue weighted by atomic mass is 16.1. The predicted octanol–water partition coefficient (Wildman–Crippen LogP) is 1.18. The number of nitrogens with zero attached hydrogens (tertiary/aromatic N) is 2. The van der Waals surface area contributed by atoms with Crippen LogP contribution in [-0.4, -0.2) is 15.7 Å². The Morgan fingerprint density at radius 1 is 1.75 bits per heavy atom. The summed E-state index contributed by atoms with van der Waals surface area (Å²) in [5, 5.41) is 6.82. The van der Waals surface area contributed by atoms with Gasteiger partial charge in [0.1, 0.15) is 0 Å². The second-order valence-corrected chi connectivity index (χ2v) is 3.12. The Morgan fingerprint density at radius 3 is 3.08 bits per heavy atom. The molecule has 0 aliphatic heterocycles. The monoisotopic (exact) mass is 165 g/mol. The number of rotatable bonds is 2. The van der Waals surface area contributed by atoms with Gasteiger partial charge in [0.25, 0.3) is 0 Å². The first-order chi connectivity index (χ1) is 5.75. The van der Waals surface area contributed by atoms with E-state index in [0.717, 1.165) is 5.69 Å². The molecule has 1 aromatic rings. The third kappa shape index (κ3) is 1.47. The Kier molecular flexibility index (Phi) is 1.60. The molecular weight excluding hydrogens is 154 g/mol. The highest BCUT2D eigenvalue weighted by Gasteiger charge is 2.24. The van der Waals surface area contributed by atoms with Crippen LogP contribution in [0.1, 0.15) is 25.8 Å². The van der Waals surface area contributed by atoms with E-state index in [4.69, 9.17) is 0 Å². The van der Waals surface area contributed by atoms with Gasteiger partial charge in [-0.3, -0.25) is 9.48 Å². The molecule has 0 radical (unpaired) electrons. The molecule has 0 aromatic carbocycles. The molecule has 0 atom stereocenters. The average molecular weight is 165 g/mol. The van der Waals surface area contributed by atoms with Crippen LogP contribution in [-0.2, 0) is 4.79 Å². The number of anilines is 1. The molecule has 4 heteroatoms. The van der Waals surface area contributed by atoms with Gasteiger partial charge in [0, 0.05) is 13.1 Å². The summed E-state index contributed by atoms with van der Waals surface area (Å²) in [5.41, 5.74) is 0.786. The van der Waals surface area contributed by atoms with Crippen molar-refractivity contribution in [1.29, 1.82) is 0 Å². The first-order valence-corrected chi connectivity index (χ1v) is 4.07. The Hall–Kier alpha value is -1.32. The van der Waals surface area contributed by atoms with E-state index in [0.29, 0.717) is 6.04 Å². The molecule has 1 saturated carbocycles. The van der Waals surface area contributed by atoms with Gasteiger partial charge < -0.3 is 5.32 Å². The SMILES string of the molecule is CC(=O)Nc1cnn(C2CC2)c1. The molecule has 1 aromatic heterocycles. The summed E-state index contributed by atoms with van der Waals surface area (Å²) < 4.78 is 1.91. The molecule has 1 heterocycles. The fraction of sp³-hybridized carbons (Fsp3) is 0.500. The molecular formula is C8H11N3O. The van der Waals surface area contributed by atoms with Gasteiger partial charge in [-0.25, -0.2) is 0 Å². The fourth-order valence-corrected chi connectivity index (χ4v) is 1.14. The van der Waals surface area contributed by atoms with Crippen LogP contribution in [0.3, 0.4) is 0 Å². The van der Waals surface area contributed by atoms with Gasteiger partial charge in [0.05, 0.1) is 17.9 Å². The summed E-state index contributed by atoms with van der Waals surface area (Å²) in [6.45, 7) is 1.49. The predicted molar refractivity (Wildman–Crippen MR) is 44.8 cm³/mol. The number of nitrogens with one attached hydrogen (secondary N) is 1. The van der Waals surface area contributed by atoms with Crippen LogP contribution in [0.15, 0.2) is 12.4 Å². The van der Waals surface area contributed by atoms with Crippen LogP contribution in [0.5, 0.6) is 0 Å². The number of carbonyl (C=O) groups is 1. The lowest BCUT2D eigenvalue weighted by molar-refractivity contribution is -0.114. The van der Waals surface area contributed by atoms with Gasteiger partial charge >= 0.3 is 0 Å². The normalized spacial score (nSPS) is 16.1. The van der Waals surface area contributed by atoms with Gasteiger partial charge in [-0.1, -0.05) is 0 Å². The maximum absolute atomic E-state index is 10.7. The number of carbonyl (C=O) groups excluding carboxylic acids is 1.